The summed E-state index contributed by atoms with van der Waals surface area (Å²) in [5.41, 5.74) is 12.1. The maximum Gasteiger partial charge on any atom is 0.143 e. The number of rotatable bonds is 6. The van der Waals surface area contributed by atoms with Crippen molar-refractivity contribution < 1.29 is 4.42 Å². The lowest BCUT2D eigenvalue weighted by Crippen LogP contribution is -2.12. The van der Waals surface area contributed by atoms with Crippen molar-refractivity contribution in [2.45, 2.75) is 0 Å². The van der Waals surface area contributed by atoms with E-state index in [4.69, 9.17) is 4.42 Å². The number of nitrogens with zero attached hydrogens (tertiary/aromatic N) is 1. The number of furan rings is 1. The van der Waals surface area contributed by atoms with Gasteiger partial charge < -0.3 is 9.32 Å². The highest BCUT2D eigenvalue weighted by atomic mass is 16.3. The van der Waals surface area contributed by atoms with Gasteiger partial charge in [0.05, 0.1) is 11.4 Å². The van der Waals surface area contributed by atoms with Crippen molar-refractivity contribution in [2.24, 2.45) is 0 Å². The van der Waals surface area contributed by atoms with Gasteiger partial charge in [-0.3, -0.25) is 0 Å². The van der Waals surface area contributed by atoms with E-state index in [9.17, 15) is 0 Å². The first kappa shape index (κ1) is 27.9. The van der Waals surface area contributed by atoms with E-state index in [1.165, 1.54) is 22.1 Å². The first-order valence-electron chi connectivity index (χ1n) is 16.4. The molecule has 0 spiro atoms. The first-order chi connectivity index (χ1) is 23.8. The molecule has 226 valence electrons. The van der Waals surface area contributed by atoms with Gasteiger partial charge >= 0.3 is 0 Å². The van der Waals surface area contributed by atoms with Crippen LogP contribution in [0.5, 0.6) is 0 Å². The largest absolute Gasteiger partial charge is 0.455 e. The normalized spacial score (nSPS) is 11.3. The van der Waals surface area contributed by atoms with E-state index in [0.717, 1.165) is 61.1 Å². The number of benzene rings is 8. The molecule has 0 radical (unpaired) electrons. The van der Waals surface area contributed by atoms with Gasteiger partial charge in [0.25, 0.3) is 0 Å². The monoisotopic (exact) mass is 613 g/mol. The van der Waals surface area contributed by atoms with E-state index >= 15 is 0 Å². The van der Waals surface area contributed by atoms with Gasteiger partial charge in [-0.1, -0.05) is 152 Å². The predicted molar refractivity (Wildman–Crippen MR) is 202 cm³/mol. The van der Waals surface area contributed by atoms with E-state index in [0.29, 0.717) is 0 Å². The van der Waals surface area contributed by atoms with Crippen LogP contribution in [0.3, 0.4) is 0 Å². The van der Waals surface area contributed by atoms with Gasteiger partial charge in [0, 0.05) is 33.0 Å². The number of para-hydroxylation sites is 2. The van der Waals surface area contributed by atoms with Gasteiger partial charge in [-0.2, -0.15) is 0 Å². The fourth-order valence-electron chi connectivity index (χ4n) is 7.07. The maximum atomic E-state index is 6.63. The molecule has 0 aliphatic carbocycles. The fourth-order valence-corrected chi connectivity index (χ4v) is 7.07. The summed E-state index contributed by atoms with van der Waals surface area (Å²) >= 11 is 0. The van der Waals surface area contributed by atoms with Gasteiger partial charge in [0.15, 0.2) is 0 Å². The van der Waals surface area contributed by atoms with Crippen LogP contribution in [0.15, 0.2) is 192 Å². The number of fused-ring (bicyclic) bond motifs is 5. The van der Waals surface area contributed by atoms with Gasteiger partial charge in [-0.25, -0.2) is 0 Å². The molecule has 0 N–H and O–H groups in total. The Bertz CT molecular complexity index is 2560. The lowest BCUT2D eigenvalue weighted by molar-refractivity contribution is 0.673. The third kappa shape index (κ3) is 4.74. The van der Waals surface area contributed by atoms with Crippen LogP contribution in [0, 0.1) is 0 Å². The van der Waals surface area contributed by atoms with Crippen LogP contribution in [-0.2, 0) is 0 Å². The molecule has 1 heterocycles. The van der Waals surface area contributed by atoms with Crippen molar-refractivity contribution in [3.8, 4) is 33.4 Å². The smallest absolute Gasteiger partial charge is 0.143 e. The summed E-state index contributed by atoms with van der Waals surface area (Å²) in [6.07, 6.45) is 0. The summed E-state index contributed by atoms with van der Waals surface area (Å²) in [6, 6.07) is 66.9. The molecular formula is C46H31NO. The molecule has 0 saturated carbocycles. The van der Waals surface area contributed by atoms with E-state index in [-0.39, 0.29) is 0 Å². The second kappa shape index (κ2) is 11.8. The third-order valence-corrected chi connectivity index (χ3v) is 9.26. The second-order valence-electron chi connectivity index (χ2n) is 12.1. The molecule has 0 amide bonds. The third-order valence-electron chi connectivity index (χ3n) is 9.26. The van der Waals surface area contributed by atoms with Crippen LogP contribution in [0.4, 0.5) is 17.1 Å². The van der Waals surface area contributed by atoms with Crippen LogP contribution >= 0.6 is 0 Å². The minimum Gasteiger partial charge on any atom is -0.455 e. The zero-order chi connectivity index (χ0) is 31.9. The summed E-state index contributed by atoms with van der Waals surface area (Å²) in [5, 5.41) is 4.55. The van der Waals surface area contributed by atoms with Crippen LogP contribution in [0.1, 0.15) is 0 Å². The summed E-state index contributed by atoms with van der Waals surface area (Å²) in [7, 11) is 0. The summed E-state index contributed by atoms with van der Waals surface area (Å²) < 4.78 is 6.63. The second-order valence-corrected chi connectivity index (χ2v) is 12.1. The Balaban J connectivity index is 1.32. The summed E-state index contributed by atoms with van der Waals surface area (Å²) in [6.45, 7) is 0. The Hall–Kier alpha value is -6.38. The van der Waals surface area contributed by atoms with Crippen LogP contribution in [0.25, 0.3) is 66.1 Å². The topological polar surface area (TPSA) is 16.4 Å². The van der Waals surface area contributed by atoms with Crippen LogP contribution < -0.4 is 4.90 Å². The van der Waals surface area contributed by atoms with E-state index in [2.05, 4.69) is 193 Å². The molecule has 0 aliphatic rings. The van der Waals surface area contributed by atoms with Crippen molar-refractivity contribution in [3.05, 3.63) is 188 Å². The Morgan fingerprint density at radius 1 is 0.375 bits per heavy atom. The van der Waals surface area contributed by atoms with Crippen molar-refractivity contribution in [2.75, 3.05) is 4.90 Å². The molecule has 0 unspecified atom stereocenters. The zero-order valence-corrected chi connectivity index (χ0v) is 26.3. The van der Waals surface area contributed by atoms with E-state index in [1.807, 2.05) is 0 Å². The number of anilines is 3. The standard InChI is InChI=1S/C46H31NO/c1-3-15-32(16-4-1)35-20-13-21-36(31-35)47(42-26-11-9-22-37(42)33-17-5-2-6-18-33)43-27-12-10-24-39(43)40-25-14-28-44-45(40)41-30-29-34-19-7-8-23-38(34)46(41)48-44/h1-31H. The molecule has 0 atom stereocenters. The van der Waals surface area contributed by atoms with Gasteiger partial charge in [0.2, 0.25) is 0 Å². The average Bonchev–Trinajstić information content (AvgIpc) is 3.56. The highest BCUT2D eigenvalue weighted by molar-refractivity contribution is 6.19. The predicted octanol–water partition coefficient (Wildman–Crippen LogP) is 13.2. The first-order valence-corrected chi connectivity index (χ1v) is 16.4. The quantitative estimate of drug-likeness (QED) is 0.185. The minimum absolute atomic E-state index is 0.885. The van der Waals surface area contributed by atoms with Crippen LogP contribution in [0.2, 0.25) is 0 Å². The molecular weight excluding hydrogens is 583 g/mol. The van der Waals surface area contributed by atoms with Gasteiger partial charge in [0.1, 0.15) is 11.2 Å². The van der Waals surface area contributed by atoms with Gasteiger partial charge in [-0.15, -0.1) is 0 Å². The fraction of sp³-hybridized carbons (Fsp3) is 0. The number of hydrogen-bond donors (Lipinski definition) is 0. The number of hydrogen-bond acceptors (Lipinski definition) is 2. The van der Waals surface area contributed by atoms with Crippen LogP contribution in [-0.4, -0.2) is 0 Å². The van der Waals surface area contributed by atoms with E-state index < -0.39 is 0 Å². The molecule has 2 nitrogen and oxygen atoms in total. The molecule has 9 rings (SSSR count). The summed E-state index contributed by atoms with van der Waals surface area (Å²) in [5.74, 6) is 0. The van der Waals surface area contributed by atoms with Crippen molar-refractivity contribution in [3.63, 3.8) is 0 Å². The zero-order valence-electron chi connectivity index (χ0n) is 26.3. The minimum atomic E-state index is 0.885. The Labute approximate surface area is 279 Å². The van der Waals surface area contributed by atoms with Crippen molar-refractivity contribution in [1.29, 1.82) is 0 Å². The summed E-state index contributed by atoms with van der Waals surface area (Å²) in [4.78, 5) is 2.42. The van der Waals surface area contributed by atoms with Crippen molar-refractivity contribution >= 4 is 49.8 Å². The molecule has 48 heavy (non-hydrogen) atoms. The highest BCUT2D eigenvalue weighted by Gasteiger charge is 2.23. The molecule has 0 bridgehead atoms. The van der Waals surface area contributed by atoms with E-state index in [1.54, 1.807) is 0 Å². The lowest BCUT2D eigenvalue weighted by atomic mass is 9.95. The molecule has 0 saturated heterocycles. The van der Waals surface area contributed by atoms with Gasteiger partial charge in [-0.05, 0) is 64.0 Å². The maximum absolute atomic E-state index is 6.63. The Morgan fingerprint density at radius 2 is 0.979 bits per heavy atom. The SMILES string of the molecule is c1ccc(-c2cccc(N(c3ccccc3-c3ccccc3)c3ccccc3-c3cccc4oc5c6ccccc6ccc5c34)c2)cc1. The molecule has 8 aromatic carbocycles. The highest BCUT2D eigenvalue weighted by Crippen LogP contribution is 2.47. The molecule has 0 aliphatic heterocycles. The Morgan fingerprint density at radius 3 is 1.79 bits per heavy atom. The lowest BCUT2D eigenvalue weighted by Gasteiger charge is -2.30. The Kier molecular flexibility index (Phi) is 6.84. The van der Waals surface area contributed by atoms with Crippen molar-refractivity contribution in [1.82, 2.24) is 0 Å². The molecule has 2 heteroatoms. The molecule has 0 fully saturated rings. The molecule has 9 aromatic rings. The molecule has 1 aromatic heterocycles. The average molecular weight is 614 g/mol.